The summed E-state index contributed by atoms with van der Waals surface area (Å²) in [7, 11) is 0. The fourth-order valence-corrected chi connectivity index (χ4v) is 4.26. The lowest BCUT2D eigenvalue weighted by Crippen LogP contribution is -2.22. The highest BCUT2D eigenvalue weighted by Crippen LogP contribution is 2.30. The standard InChI is InChI=1S/C19H17ClN2O4S/c1-10-7-15(18(23)25-10)26-19(24)16-8-14-11(2)21-22(17(14)27-16)9-12-3-5-13(20)6-4-12/h3-6,8,10,15H,7,9H2,1-2H3/t10-,15+/m1/s1. The molecule has 0 bridgehead atoms. The van der Waals surface area contributed by atoms with Crippen molar-refractivity contribution >= 4 is 45.1 Å². The van der Waals surface area contributed by atoms with E-state index in [0.29, 0.717) is 22.9 Å². The van der Waals surface area contributed by atoms with Crippen molar-refractivity contribution in [2.75, 3.05) is 0 Å². The van der Waals surface area contributed by atoms with E-state index in [1.54, 1.807) is 13.0 Å². The highest BCUT2D eigenvalue weighted by Gasteiger charge is 2.35. The van der Waals surface area contributed by atoms with Gasteiger partial charge in [-0.05, 0) is 37.6 Å². The van der Waals surface area contributed by atoms with E-state index in [-0.39, 0.29) is 6.10 Å². The van der Waals surface area contributed by atoms with Gasteiger partial charge < -0.3 is 9.47 Å². The van der Waals surface area contributed by atoms with E-state index in [9.17, 15) is 9.59 Å². The molecule has 0 N–H and O–H groups in total. The number of aromatic nitrogens is 2. The first-order chi connectivity index (χ1) is 12.9. The number of hydrogen-bond acceptors (Lipinski definition) is 6. The zero-order valence-corrected chi connectivity index (χ0v) is 16.3. The molecule has 0 aliphatic carbocycles. The van der Waals surface area contributed by atoms with Gasteiger partial charge in [0.2, 0.25) is 6.10 Å². The van der Waals surface area contributed by atoms with Crippen molar-refractivity contribution in [2.24, 2.45) is 0 Å². The number of thiophene rings is 1. The molecule has 6 nitrogen and oxygen atoms in total. The van der Waals surface area contributed by atoms with E-state index in [1.807, 2.05) is 35.9 Å². The molecule has 2 aromatic heterocycles. The van der Waals surface area contributed by atoms with E-state index in [0.717, 1.165) is 21.5 Å². The van der Waals surface area contributed by atoms with Crippen LogP contribution in [0.3, 0.4) is 0 Å². The Morgan fingerprint density at radius 3 is 2.81 bits per heavy atom. The smallest absolute Gasteiger partial charge is 0.349 e. The molecule has 3 heterocycles. The molecule has 8 heteroatoms. The van der Waals surface area contributed by atoms with Gasteiger partial charge >= 0.3 is 11.9 Å². The molecule has 1 aromatic carbocycles. The quantitative estimate of drug-likeness (QED) is 0.615. The van der Waals surface area contributed by atoms with Gasteiger partial charge in [-0.3, -0.25) is 4.68 Å². The lowest BCUT2D eigenvalue weighted by atomic mass is 10.2. The Labute approximate surface area is 164 Å². The average molecular weight is 405 g/mol. The maximum absolute atomic E-state index is 12.5. The second-order valence-electron chi connectivity index (χ2n) is 6.58. The van der Waals surface area contributed by atoms with Crippen LogP contribution < -0.4 is 0 Å². The molecule has 140 valence electrons. The summed E-state index contributed by atoms with van der Waals surface area (Å²) in [6.45, 7) is 4.25. The number of carbonyl (C=O) groups excluding carboxylic acids is 2. The SMILES string of the molecule is Cc1nn(Cc2ccc(Cl)cc2)c2sc(C(=O)O[C@H]3C[C@@H](C)OC3=O)cc12. The first kappa shape index (κ1) is 18.0. The van der Waals surface area contributed by atoms with Gasteiger partial charge in [-0.25, -0.2) is 9.59 Å². The largest absolute Gasteiger partial charge is 0.460 e. The number of benzene rings is 1. The first-order valence-electron chi connectivity index (χ1n) is 8.53. The third kappa shape index (κ3) is 3.57. The van der Waals surface area contributed by atoms with Crippen LogP contribution in [0.4, 0.5) is 0 Å². The average Bonchev–Trinajstić information content (AvgIpc) is 3.27. The van der Waals surface area contributed by atoms with Crippen LogP contribution in [0.1, 0.15) is 34.3 Å². The molecule has 0 radical (unpaired) electrons. The maximum atomic E-state index is 12.5. The Bertz CT molecular complexity index is 1020. The minimum atomic E-state index is -0.829. The molecule has 1 saturated heterocycles. The van der Waals surface area contributed by atoms with Crippen molar-refractivity contribution < 1.29 is 19.1 Å². The van der Waals surface area contributed by atoms with Gasteiger partial charge in [-0.2, -0.15) is 5.10 Å². The number of rotatable bonds is 4. The molecule has 0 spiro atoms. The van der Waals surface area contributed by atoms with Crippen LogP contribution in [0.15, 0.2) is 30.3 Å². The fraction of sp³-hybridized carbons (Fsp3) is 0.316. The Morgan fingerprint density at radius 1 is 1.41 bits per heavy atom. The van der Waals surface area contributed by atoms with Gasteiger partial charge in [0.25, 0.3) is 0 Å². The summed E-state index contributed by atoms with van der Waals surface area (Å²) in [6, 6.07) is 9.33. The van der Waals surface area contributed by atoms with Gasteiger partial charge in [0.15, 0.2) is 0 Å². The minimum Gasteiger partial charge on any atom is -0.460 e. The lowest BCUT2D eigenvalue weighted by Gasteiger charge is -2.06. The molecule has 2 atom stereocenters. The van der Waals surface area contributed by atoms with E-state index in [1.165, 1.54) is 11.3 Å². The van der Waals surface area contributed by atoms with Crippen molar-refractivity contribution in [3.05, 3.63) is 51.5 Å². The third-order valence-corrected chi connectivity index (χ3v) is 5.81. The number of ether oxygens (including phenoxy) is 2. The molecule has 0 amide bonds. The highest BCUT2D eigenvalue weighted by molar-refractivity contribution is 7.20. The molecule has 1 aliphatic heterocycles. The Hall–Kier alpha value is -2.38. The topological polar surface area (TPSA) is 70.4 Å². The molecule has 0 saturated carbocycles. The number of esters is 2. The first-order valence-corrected chi connectivity index (χ1v) is 9.73. The summed E-state index contributed by atoms with van der Waals surface area (Å²) in [5.41, 5.74) is 1.90. The fourth-order valence-electron chi connectivity index (χ4n) is 3.09. The lowest BCUT2D eigenvalue weighted by molar-refractivity contribution is -0.147. The van der Waals surface area contributed by atoms with E-state index < -0.39 is 18.0 Å². The number of carbonyl (C=O) groups is 2. The molecule has 4 rings (SSSR count). The Kier molecular flexibility index (Phi) is 4.65. The number of hydrogen-bond donors (Lipinski definition) is 0. The molecular formula is C19H17ClN2O4S. The van der Waals surface area contributed by atoms with Crippen LogP contribution in [0, 0.1) is 6.92 Å². The summed E-state index contributed by atoms with van der Waals surface area (Å²) >= 11 is 7.24. The van der Waals surface area contributed by atoms with Crippen LogP contribution in [0.25, 0.3) is 10.2 Å². The Morgan fingerprint density at radius 2 is 2.15 bits per heavy atom. The number of nitrogens with zero attached hydrogens (tertiary/aromatic N) is 2. The third-order valence-electron chi connectivity index (χ3n) is 4.43. The van der Waals surface area contributed by atoms with Crippen LogP contribution in [-0.4, -0.2) is 33.9 Å². The normalized spacial score (nSPS) is 19.4. The summed E-state index contributed by atoms with van der Waals surface area (Å²) in [6.07, 6.45) is -0.670. The summed E-state index contributed by atoms with van der Waals surface area (Å²) in [5.74, 6) is -0.994. The molecule has 1 fully saturated rings. The zero-order chi connectivity index (χ0) is 19.1. The van der Waals surface area contributed by atoms with Crippen molar-refractivity contribution in [2.45, 2.75) is 39.0 Å². The number of halogens is 1. The van der Waals surface area contributed by atoms with Gasteiger partial charge in [0.05, 0.1) is 12.2 Å². The molecule has 3 aromatic rings. The highest BCUT2D eigenvalue weighted by atomic mass is 35.5. The van der Waals surface area contributed by atoms with Crippen LogP contribution >= 0.6 is 22.9 Å². The van der Waals surface area contributed by atoms with Gasteiger partial charge in [0, 0.05) is 16.8 Å². The van der Waals surface area contributed by atoms with Crippen molar-refractivity contribution in [1.29, 1.82) is 0 Å². The molecule has 1 aliphatic rings. The van der Waals surface area contributed by atoms with Crippen molar-refractivity contribution in [3.63, 3.8) is 0 Å². The second-order valence-corrected chi connectivity index (χ2v) is 8.04. The van der Waals surface area contributed by atoms with E-state index in [4.69, 9.17) is 21.1 Å². The van der Waals surface area contributed by atoms with E-state index >= 15 is 0 Å². The summed E-state index contributed by atoms with van der Waals surface area (Å²) < 4.78 is 12.2. The van der Waals surface area contributed by atoms with Crippen LogP contribution in [0.2, 0.25) is 5.02 Å². The Balaban J connectivity index is 1.57. The molecule has 0 unspecified atom stereocenters. The van der Waals surface area contributed by atoms with Gasteiger partial charge in [-0.15, -0.1) is 11.3 Å². The second kappa shape index (κ2) is 6.98. The maximum Gasteiger partial charge on any atom is 0.349 e. The molecule has 27 heavy (non-hydrogen) atoms. The van der Waals surface area contributed by atoms with E-state index in [2.05, 4.69) is 5.10 Å². The monoisotopic (exact) mass is 404 g/mol. The van der Waals surface area contributed by atoms with Crippen LogP contribution in [-0.2, 0) is 20.8 Å². The van der Waals surface area contributed by atoms with Crippen molar-refractivity contribution in [1.82, 2.24) is 9.78 Å². The number of cyclic esters (lactones) is 1. The minimum absolute atomic E-state index is 0.229. The van der Waals surface area contributed by atoms with Gasteiger partial charge in [-0.1, -0.05) is 23.7 Å². The zero-order valence-electron chi connectivity index (χ0n) is 14.8. The number of fused-ring (bicyclic) bond motifs is 1. The molecular weight excluding hydrogens is 388 g/mol. The predicted molar refractivity (Wildman–Crippen MR) is 102 cm³/mol. The summed E-state index contributed by atoms with van der Waals surface area (Å²) in [4.78, 5) is 25.5. The number of aryl methyl sites for hydroxylation is 1. The predicted octanol–water partition coefficient (Wildman–Crippen LogP) is 3.97. The van der Waals surface area contributed by atoms with Crippen LogP contribution in [0.5, 0.6) is 0 Å². The summed E-state index contributed by atoms with van der Waals surface area (Å²) in [5, 5.41) is 6.15. The van der Waals surface area contributed by atoms with Gasteiger partial charge in [0.1, 0.15) is 15.8 Å². The van der Waals surface area contributed by atoms with Crippen molar-refractivity contribution in [3.8, 4) is 0 Å².